The molecule has 1 aromatic heterocycles. The molecule has 1 fully saturated rings. The van der Waals surface area contributed by atoms with E-state index in [0.29, 0.717) is 5.92 Å². The molecule has 0 aliphatic carbocycles. The van der Waals surface area contributed by atoms with Gasteiger partial charge >= 0.3 is 0 Å². The van der Waals surface area contributed by atoms with E-state index in [9.17, 15) is 4.79 Å². The van der Waals surface area contributed by atoms with Crippen LogP contribution in [0.1, 0.15) is 46.2 Å². The van der Waals surface area contributed by atoms with Crippen LogP contribution in [0.25, 0.3) is 0 Å². The molecule has 5 heteroatoms. The van der Waals surface area contributed by atoms with Crippen molar-refractivity contribution >= 4 is 5.91 Å². The molecule has 0 spiro atoms. The zero-order valence-electron chi connectivity index (χ0n) is 14.7. The Bertz CT molecular complexity index is 690. The van der Waals surface area contributed by atoms with Crippen molar-refractivity contribution in [2.45, 2.75) is 32.2 Å². The molecular formula is C19H26N4O. The van der Waals surface area contributed by atoms with Gasteiger partial charge in [0.05, 0.1) is 0 Å². The number of aromatic nitrogens is 2. The van der Waals surface area contributed by atoms with Crippen molar-refractivity contribution in [2.75, 3.05) is 27.2 Å². The van der Waals surface area contributed by atoms with Crippen molar-refractivity contribution in [3.63, 3.8) is 0 Å². The van der Waals surface area contributed by atoms with E-state index in [1.807, 2.05) is 56.4 Å². The second-order valence-corrected chi connectivity index (χ2v) is 6.98. The molecule has 1 N–H and O–H groups in total. The van der Waals surface area contributed by atoms with Crippen molar-refractivity contribution in [1.29, 1.82) is 0 Å². The average molecular weight is 326 g/mol. The Kier molecular flexibility index (Phi) is 5.00. The van der Waals surface area contributed by atoms with Gasteiger partial charge in [0.25, 0.3) is 5.91 Å². The molecule has 1 aliphatic rings. The first-order chi connectivity index (χ1) is 11.5. The van der Waals surface area contributed by atoms with Gasteiger partial charge in [-0.25, -0.2) is 4.98 Å². The first-order valence-corrected chi connectivity index (χ1v) is 8.57. The van der Waals surface area contributed by atoms with Gasteiger partial charge in [-0.3, -0.25) is 4.79 Å². The van der Waals surface area contributed by atoms with E-state index in [0.717, 1.165) is 49.6 Å². The summed E-state index contributed by atoms with van der Waals surface area (Å²) in [6.07, 6.45) is 3.97. The molecule has 1 saturated heterocycles. The maximum Gasteiger partial charge on any atom is 0.253 e. The molecule has 3 rings (SSSR count). The number of likely N-dealkylation sites (tertiary alicyclic amines) is 1. The number of aryl methyl sites for hydroxylation is 1. The number of H-pyrrole nitrogens is 1. The van der Waals surface area contributed by atoms with Gasteiger partial charge in [-0.1, -0.05) is 12.1 Å². The molecule has 0 saturated carbocycles. The summed E-state index contributed by atoms with van der Waals surface area (Å²) in [5, 5.41) is 0. The summed E-state index contributed by atoms with van der Waals surface area (Å²) < 4.78 is 0. The fourth-order valence-corrected chi connectivity index (χ4v) is 3.33. The third-order valence-electron chi connectivity index (χ3n) is 4.52. The molecule has 0 bridgehead atoms. The summed E-state index contributed by atoms with van der Waals surface area (Å²) in [6, 6.07) is 7.98. The first-order valence-electron chi connectivity index (χ1n) is 8.57. The quantitative estimate of drug-likeness (QED) is 0.940. The molecule has 24 heavy (non-hydrogen) atoms. The number of nitrogens with one attached hydrogen (secondary N) is 1. The molecule has 0 radical (unpaired) electrons. The van der Waals surface area contributed by atoms with Crippen LogP contribution in [0.5, 0.6) is 0 Å². The zero-order valence-corrected chi connectivity index (χ0v) is 14.7. The maximum atomic E-state index is 12.8. The lowest BCUT2D eigenvalue weighted by molar-refractivity contribution is 0.0705. The third-order valence-corrected chi connectivity index (χ3v) is 4.52. The molecule has 1 aromatic carbocycles. The summed E-state index contributed by atoms with van der Waals surface area (Å²) in [5.74, 6) is 1.44. The highest BCUT2D eigenvalue weighted by atomic mass is 16.2. The van der Waals surface area contributed by atoms with Gasteiger partial charge in [-0.2, -0.15) is 0 Å². The third kappa shape index (κ3) is 3.85. The molecule has 1 aliphatic heterocycles. The Morgan fingerprint density at radius 2 is 2.08 bits per heavy atom. The lowest BCUT2D eigenvalue weighted by Crippen LogP contribution is -2.39. The molecular weight excluding hydrogens is 300 g/mol. The number of nitrogens with zero attached hydrogens (tertiary/aromatic N) is 3. The number of imidazole rings is 1. The van der Waals surface area contributed by atoms with E-state index in [2.05, 4.69) is 14.9 Å². The Morgan fingerprint density at radius 1 is 1.33 bits per heavy atom. The molecule has 128 valence electrons. The predicted octanol–water partition coefficient (Wildman–Crippen LogP) is 2.80. The number of hydrogen-bond acceptors (Lipinski definition) is 3. The second-order valence-electron chi connectivity index (χ2n) is 6.98. The first kappa shape index (κ1) is 16.7. The number of carbonyl (C=O) groups is 1. The van der Waals surface area contributed by atoms with E-state index in [1.54, 1.807) is 0 Å². The van der Waals surface area contributed by atoms with Gasteiger partial charge in [0.1, 0.15) is 5.82 Å². The fraction of sp³-hybridized carbons (Fsp3) is 0.474. The van der Waals surface area contributed by atoms with E-state index >= 15 is 0 Å². The summed E-state index contributed by atoms with van der Waals surface area (Å²) >= 11 is 0. The standard InChI is InChI=1S/C19H26N4O/c1-14-11-20-18(21-14)17-5-4-10-23(13-17)19(24)16-8-6-15(7-9-16)12-22(2)3/h6-9,11,17H,4-5,10,12-13H2,1-3H3,(H,20,21)/t17-/m1/s1. The molecule has 1 atom stereocenters. The Balaban J connectivity index is 1.67. The lowest BCUT2D eigenvalue weighted by atomic mass is 9.96. The number of piperidine rings is 1. The van der Waals surface area contributed by atoms with Gasteiger partial charge < -0.3 is 14.8 Å². The van der Waals surface area contributed by atoms with Crippen LogP contribution < -0.4 is 0 Å². The Hall–Kier alpha value is -2.14. The van der Waals surface area contributed by atoms with Crippen LogP contribution in [0, 0.1) is 6.92 Å². The number of benzene rings is 1. The summed E-state index contributed by atoms with van der Waals surface area (Å²) in [4.78, 5) is 24.7. The Labute approximate surface area is 143 Å². The molecule has 0 unspecified atom stereocenters. The topological polar surface area (TPSA) is 52.2 Å². The minimum Gasteiger partial charge on any atom is -0.346 e. The number of hydrogen-bond donors (Lipinski definition) is 1. The number of amides is 1. The van der Waals surface area contributed by atoms with Crippen LogP contribution >= 0.6 is 0 Å². The highest BCUT2D eigenvalue weighted by Gasteiger charge is 2.27. The van der Waals surface area contributed by atoms with E-state index in [-0.39, 0.29) is 5.91 Å². The van der Waals surface area contributed by atoms with Crippen LogP contribution in [0.15, 0.2) is 30.5 Å². The average Bonchev–Trinajstić information content (AvgIpc) is 3.01. The van der Waals surface area contributed by atoms with Crippen molar-refractivity contribution in [3.05, 3.63) is 53.1 Å². The van der Waals surface area contributed by atoms with Crippen molar-refractivity contribution in [3.8, 4) is 0 Å². The maximum absolute atomic E-state index is 12.8. The van der Waals surface area contributed by atoms with Crippen molar-refractivity contribution in [1.82, 2.24) is 19.8 Å². The minimum atomic E-state index is 0.124. The van der Waals surface area contributed by atoms with E-state index in [1.165, 1.54) is 5.56 Å². The van der Waals surface area contributed by atoms with E-state index in [4.69, 9.17) is 0 Å². The zero-order chi connectivity index (χ0) is 17.1. The number of rotatable bonds is 4. The van der Waals surface area contributed by atoms with Gasteiger partial charge in [-0.15, -0.1) is 0 Å². The molecule has 2 aromatic rings. The second kappa shape index (κ2) is 7.18. The van der Waals surface area contributed by atoms with Crippen LogP contribution in [-0.4, -0.2) is 52.9 Å². The van der Waals surface area contributed by atoms with Crippen molar-refractivity contribution in [2.24, 2.45) is 0 Å². The summed E-state index contributed by atoms with van der Waals surface area (Å²) in [5.41, 5.74) is 3.07. The Morgan fingerprint density at radius 3 is 2.71 bits per heavy atom. The highest BCUT2D eigenvalue weighted by molar-refractivity contribution is 5.94. The SMILES string of the molecule is Cc1cnc([C@@H]2CCCN(C(=O)c3ccc(CN(C)C)cc3)C2)[nH]1. The number of carbonyl (C=O) groups excluding carboxylic acids is 1. The van der Waals surface area contributed by atoms with Crippen molar-refractivity contribution < 1.29 is 4.79 Å². The highest BCUT2D eigenvalue weighted by Crippen LogP contribution is 2.26. The molecule has 2 heterocycles. The van der Waals surface area contributed by atoms with Gasteiger partial charge in [0, 0.05) is 43.0 Å². The lowest BCUT2D eigenvalue weighted by Gasteiger charge is -2.32. The largest absolute Gasteiger partial charge is 0.346 e. The van der Waals surface area contributed by atoms with Gasteiger partial charge in [-0.05, 0) is 51.6 Å². The predicted molar refractivity (Wildman–Crippen MR) is 95.0 cm³/mol. The minimum absolute atomic E-state index is 0.124. The van der Waals surface area contributed by atoms with Crippen LogP contribution in [0.2, 0.25) is 0 Å². The monoisotopic (exact) mass is 326 g/mol. The van der Waals surface area contributed by atoms with Crippen LogP contribution in [-0.2, 0) is 6.54 Å². The molecule has 5 nitrogen and oxygen atoms in total. The van der Waals surface area contributed by atoms with E-state index < -0.39 is 0 Å². The van der Waals surface area contributed by atoms with Crippen LogP contribution in [0.4, 0.5) is 0 Å². The van der Waals surface area contributed by atoms with Crippen LogP contribution in [0.3, 0.4) is 0 Å². The molecule has 1 amide bonds. The number of aromatic amines is 1. The van der Waals surface area contributed by atoms with Gasteiger partial charge in [0.15, 0.2) is 0 Å². The summed E-state index contributed by atoms with van der Waals surface area (Å²) in [6.45, 7) is 4.47. The smallest absolute Gasteiger partial charge is 0.253 e. The summed E-state index contributed by atoms with van der Waals surface area (Å²) in [7, 11) is 4.09. The fourth-order valence-electron chi connectivity index (χ4n) is 3.33. The normalized spacial score (nSPS) is 18.2. The van der Waals surface area contributed by atoms with Gasteiger partial charge in [0.2, 0.25) is 0 Å².